The Kier molecular flexibility index (Phi) is 32.8. The van der Waals surface area contributed by atoms with Crippen LogP contribution in [0.25, 0.3) is 0 Å². The smallest absolute Gasteiger partial charge is 0.322 e. The second-order valence-corrected chi connectivity index (χ2v) is 12.1. The zero-order valence-electron chi connectivity index (χ0n) is 29.4. The van der Waals surface area contributed by atoms with Crippen LogP contribution in [-0.2, 0) is 19.1 Å². The second-order valence-electron chi connectivity index (χ2n) is 12.1. The standard InChI is InChI=1S/C40H67NO5/c1-3-5-7-9-11-12-13-14-15-16-17-18-19-20-22-27-31-35-40(45)46-37(32-28-24-21-10-8-6-4-2)33-29-25-23-26-30-34-38(42)41-36-39(43)44/h5,7,11-12,14-15,17-18,20,22,37H,3-4,6,8-10,13,16,19,21,23-36H2,1-2H3,(H,41,42)(H,43,44)/b7-5-,12-11-,15-14-,18-17-,22-20-. The van der Waals surface area contributed by atoms with Crippen molar-refractivity contribution >= 4 is 17.8 Å². The first-order chi connectivity index (χ1) is 22.5. The topological polar surface area (TPSA) is 92.7 Å². The third-order valence-corrected chi connectivity index (χ3v) is 7.70. The van der Waals surface area contributed by atoms with Gasteiger partial charge in [-0.25, -0.2) is 0 Å². The Morgan fingerprint density at radius 1 is 0.587 bits per heavy atom. The van der Waals surface area contributed by atoms with Crippen LogP contribution in [0.5, 0.6) is 0 Å². The summed E-state index contributed by atoms with van der Waals surface area (Å²) < 4.78 is 5.94. The lowest BCUT2D eigenvalue weighted by Crippen LogP contribution is -2.28. The summed E-state index contributed by atoms with van der Waals surface area (Å²) in [7, 11) is 0. The van der Waals surface area contributed by atoms with Crippen LogP contribution in [0, 0.1) is 0 Å². The van der Waals surface area contributed by atoms with Gasteiger partial charge in [0.15, 0.2) is 0 Å². The molecule has 262 valence electrons. The SMILES string of the molecule is CC/C=C\C/C=C\C/C=C\C/C=C\C/C=C\CCCC(=O)OC(CCCCCCCCC)CCCCCCCC(=O)NCC(=O)O. The third kappa shape index (κ3) is 34.0. The molecule has 46 heavy (non-hydrogen) atoms. The highest BCUT2D eigenvalue weighted by Gasteiger charge is 2.14. The molecule has 0 spiro atoms. The predicted octanol–water partition coefficient (Wildman–Crippen LogP) is 10.9. The summed E-state index contributed by atoms with van der Waals surface area (Å²) in [6, 6.07) is 0. The van der Waals surface area contributed by atoms with Gasteiger partial charge in [-0.3, -0.25) is 14.4 Å². The predicted molar refractivity (Wildman–Crippen MR) is 194 cm³/mol. The zero-order chi connectivity index (χ0) is 33.8. The average Bonchev–Trinajstić information content (AvgIpc) is 3.04. The third-order valence-electron chi connectivity index (χ3n) is 7.70. The normalized spacial score (nSPS) is 12.7. The van der Waals surface area contributed by atoms with Crippen LogP contribution < -0.4 is 5.32 Å². The highest BCUT2D eigenvalue weighted by atomic mass is 16.5. The maximum atomic E-state index is 12.6. The van der Waals surface area contributed by atoms with E-state index in [0.29, 0.717) is 12.8 Å². The Morgan fingerprint density at radius 2 is 1.07 bits per heavy atom. The maximum Gasteiger partial charge on any atom is 0.322 e. The van der Waals surface area contributed by atoms with Crippen molar-refractivity contribution in [2.75, 3.05) is 6.54 Å². The lowest BCUT2D eigenvalue weighted by Gasteiger charge is -2.18. The summed E-state index contributed by atoms with van der Waals surface area (Å²) in [6.07, 6.45) is 44.8. The van der Waals surface area contributed by atoms with Crippen molar-refractivity contribution < 1.29 is 24.2 Å². The van der Waals surface area contributed by atoms with Crippen LogP contribution in [0.1, 0.15) is 162 Å². The quantitative estimate of drug-likeness (QED) is 0.0433. The van der Waals surface area contributed by atoms with Crippen molar-refractivity contribution in [2.24, 2.45) is 0 Å². The van der Waals surface area contributed by atoms with Gasteiger partial charge in [0.2, 0.25) is 5.91 Å². The molecule has 0 radical (unpaired) electrons. The van der Waals surface area contributed by atoms with E-state index in [1.807, 2.05) is 0 Å². The molecule has 6 heteroatoms. The van der Waals surface area contributed by atoms with Gasteiger partial charge < -0.3 is 15.2 Å². The minimum absolute atomic E-state index is 0.00126. The number of aliphatic carboxylic acids is 1. The lowest BCUT2D eigenvalue weighted by molar-refractivity contribution is -0.150. The van der Waals surface area contributed by atoms with Crippen LogP contribution >= 0.6 is 0 Å². The van der Waals surface area contributed by atoms with Crippen LogP contribution in [0.2, 0.25) is 0 Å². The lowest BCUT2D eigenvalue weighted by atomic mass is 10.0. The first kappa shape index (κ1) is 43.1. The number of ether oxygens (including phenoxy) is 1. The minimum atomic E-state index is -1.02. The van der Waals surface area contributed by atoms with Crippen molar-refractivity contribution in [1.82, 2.24) is 5.32 Å². The van der Waals surface area contributed by atoms with Crippen LogP contribution in [0.15, 0.2) is 60.8 Å². The fourth-order valence-electron chi connectivity index (χ4n) is 5.02. The van der Waals surface area contributed by atoms with Crippen LogP contribution in [-0.4, -0.2) is 35.6 Å². The molecular formula is C40H67NO5. The number of carbonyl (C=O) groups excluding carboxylic acids is 2. The summed E-state index contributed by atoms with van der Waals surface area (Å²) >= 11 is 0. The summed E-state index contributed by atoms with van der Waals surface area (Å²) in [4.78, 5) is 34.8. The number of allylic oxidation sites excluding steroid dienone is 10. The van der Waals surface area contributed by atoms with E-state index in [-0.39, 0.29) is 24.5 Å². The first-order valence-corrected chi connectivity index (χ1v) is 18.4. The second kappa shape index (κ2) is 35.0. The number of hydrogen-bond acceptors (Lipinski definition) is 4. The van der Waals surface area contributed by atoms with Crippen molar-refractivity contribution in [3.8, 4) is 0 Å². The molecule has 0 aliphatic heterocycles. The fourth-order valence-corrected chi connectivity index (χ4v) is 5.02. The number of rotatable bonds is 32. The fraction of sp³-hybridized carbons (Fsp3) is 0.675. The van der Waals surface area contributed by atoms with Crippen molar-refractivity contribution in [1.29, 1.82) is 0 Å². The molecule has 0 aliphatic carbocycles. The van der Waals surface area contributed by atoms with E-state index in [9.17, 15) is 14.4 Å². The summed E-state index contributed by atoms with van der Waals surface area (Å²) in [6.45, 7) is 4.07. The van der Waals surface area contributed by atoms with Crippen LogP contribution in [0.4, 0.5) is 0 Å². The number of esters is 1. The molecule has 1 atom stereocenters. The van der Waals surface area contributed by atoms with E-state index < -0.39 is 5.97 Å². The Morgan fingerprint density at radius 3 is 1.59 bits per heavy atom. The van der Waals surface area contributed by atoms with Gasteiger partial charge in [0, 0.05) is 12.8 Å². The Hall–Kier alpha value is -2.89. The number of nitrogens with one attached hydrogen (secondary N) is 1. The van der Waals surface area contributed by atoms with Crippen molar-refractivity contribution in [2.45, 2.75) is 168 Å². The molecule has 0 aromatic carbocycles. The average molecular weight is 642 g/mol. The molecule has 0 aromatic rings. The molecule has 1 amide bonds. The summed E-state index contributed by atoms with van der Waals surface area (Å²) in [5, 5.41) is 11.0. The van der Waals surface area contributed by atoms with E-state index >= 15 is 0 Å². The van der Waals surface area contributed by atoms with Gasteiger partial charge in [-0.05, 0) is 77.0 Å². The summed E-state index contributed by atoms with van der Waals surface area (Å²) in [5.74, 6) is -1.30. The van der Waals surface area contributed by atoms with Crippen LogP contribution in [0.3, 0.4) is 0 Å². The van der Waals surface area contributed by atoms with Gasteiger partial charge in [-0.2, -0.15) is 0 Å². The van der Waals surface area contributed by atoms with Gasteiger partial charge in [0.1, 0.15) is 12.6 Å². The molecular weight excluding hydrogens is 574 g/mol. The Labute approximate surface area is 281 Å². The van der Waals surface area contributed by atoms with Gasteiger partial charge in [-0.15, -0.1) is 0 Å². The highest BCUT2D eigenvalue weighted by Crippen LogP contribution is 2.18. The molecule has 0 bridgehead atoms. The molecule has 0 fully saturated rings. The van der Waals surface area contributed by atoms with Gasteiger partial charge in [0.05, 0.1) is 0 Å². The maximum absolute atomic E-state index is 12.6. The van der Waals surface area contributed by atoms with Crippen molar-refractivity contribution in [3.63, 3.8) is 0 Å². The molecule has 2 N–H and O–H groups in total. The number of unbranched alkanes of at least 4 members (excludes halogenated alkanes) is 11. The Balaban J connectivity index is 4.20. The number of carboxylic acid groups (broad SMARTS) is 1. The molecule has 0 heterocycles. The Bertz CT molecular complexity index is 886. The molecule has 0 rings (SSSR count). The monoisotopic (exact) mass is 642 g/mol. The molecule has 0 aliphatic rings. The van der Waals surface area contributed by atoms with E-state index in [1.54, 1.807) is 0 Å². The largest absolute Gasteiger partial charge is 0.480 e. The van der Waals surface area contributed by atoms with Crippen molar-refractivity contribution in [3.05, 3.63) is 60.8 Å². The zero-order valence-corrected chi connectivity index (χ0v) is 29.4. The molecule has 0 saturated carbocycles. The number of carboxylic acids is 1. The molecule has 0 saturated heterocycles. The van der Waals surface area contributed by atoms with E-state index in [4.69, 9.17) is 9.84 Å². The van der Waals surface area contributed by atoms with Gasteiger partial charge in [-0.1, -0.05) is 132 Å². The van der Waals surface area contributed by atoms with Gasteiger partial charge in [0.25, 0.3) is 0 Å². The summed E-state index contributed by atoms with van der Waals surface area (Å²) in [5.41, 5.74) is 0. The number of amides is 1. The number of carbonyl (C=O) groups is 3. The van der Waals surface area contributed by atoms with E-state index in [1.165, 1.54) is 38.5 Å². The minimum Gasteiger partial charge on any atom is -0.480 e. The van der Waals surface area contributed by atoms with E-state index in [0.717, 1.165) is 96.3 Å². The first-order valence-electron chi connectivity index (χ1n) is 18.4. The van der Waals surface area contributed by atoms with E-state index in [2.05, 4.69) is 79.9 Å². The molecule has 1 unspecified atom stereocenters. The number of hydrogen-bond donors (Lipinski definition) is 2. The molecule has 6 nitrogen and oxygen atoms in total. The molecule has 0 aromatic heterocycles. The highest BCUT2D eigenvalue weighted by molar-refractivity contribution is 5.80. The van der Waals surface area contributed by atoms with Gasteiger partial charge >= 0.3 is 11.9 Å².